The second kappa shape index (κ2) is 5.21. The van der Waals surface area contributed by atoms with E-state index in [1.807, 2.05) is 19.1 Å². The van der Waals surface area contributed by atoms with Gasteiger partial charge in [-0.05, 0) is 44.9 Å². The number of nitrogens with zero attached hydrogens (tertiary/aromatic N) is 1. The van der Waals surface area contributed by atoms with Crippen molar-refractivity contribution in [3.63, 3.8) is 0 Å². The standard InChI is InChI=1S/C13H22N2O2/c1-9(14)13(12-4-3-5-17-12)15(2)8-10-6-11(16)7-10/h3-5,9-11,13,16H,6-8,14H2,1-2H3. The van der Waals surface area contributed by atoms with Crippen molar-refractivity contribution in [2.75, 3.05) is 13.6 Å². The van der Waals surface area contributed by atoms with Gasteiger partial charge in [0.2, 0.25) is 0 Å². The molecule has 1 aliphatic carbocycles. The summed E-state index contributed by atoms with van der Waals surface area (Å²) < 4.78 is 5.46. The Balaban J connectivity index is 1.96. The van der Waals surface area contributed by atoms with Crippen molar-refractivity contribution in [3.05, 3.63) is 24.2 Å². The number of aliphatic hydroxyl groups is 1. The highest BCUT2D eigenvalue weighted by Gasteiger charge is 2.31. The number of hydrogen-bond donors (Lipinski definition) is 2. The summed E-state index contributed by atoms with van der Waals surface area (Å²) in [6.45, 7) is 2.96. The summed E-state index contributed by atoms with van der Waals surface area (Å²) in [6.07, 6.45) is 3.42. The largest absolute Gasteiger partial charge is 0.468 e. The Morgan fingerprint density at radius 3 is 2.76 bits per heavy atom. The minimum absolute atomic E-state index is 0.0242. The maximum absolute atomic E-state index is 9.30. The summed E-state index contributed by atoms with van der Waals surface area (Å²) in [7, 11) is 2.07. The van der Waals surface area contributed by atoms with Crippen LogP contribution in [0.2, 0.25) is 0 Å². The average molecular weight is 238 g/mol. The predicted molar refractivity (Wildman–Crippen MR) is 66.5 cm³/mol. The van der Waals surface area contributed by atoms with Crippen molar-refractivity contribution in [1.82, 2.24) is 4.90 Å². The van der Waals surface area contributed by atoms with Crippen LogP contribution >= 0.6 is 0 Å². The molecule has 0 amide bonds. The minimum atomic E-state index is -0.0919. The number of rotatable bonds is 5. The Bertz CT molecular complexity index is 331. The zero-order chi connectivity index (χ0) is 12.4. The van der Waals surface area contributed by atoms with Crippen LogP contribution in [0.15, 0.2) is 22.8 Å². The van der Waals surface area contributed by atoms with Crippen LogP contribution in [-0.2, 0) is 0 Å². The lowest BCUT2D eigenvalue weighted by Gasteiger charge is -2.38. The molecule has 0 saturated heterocycles. The summed E-state index contributed by atoms with van der Waals surface area (Å²) in [5.41, 5.74) is 6.04. The van der Waals surface area contributed by atoms with E-state index in [-0.39, 0.29) is 18.2 Å². The summed E-state index contributed by atoms with van der Waals surface area (Å²) in [5, 5.41) is 9.30. The quantitative estimate of drug-likeness (QED) is 0.813. The zero-order valence-electron chi connectivity index (χ0n) is 10.5. The zero-order valence-corrected chi connectivity index (χ0v) is 10.5. The molecule has 1 saturated carbocycles. The van der Waals surface area contributed by atoms with E-state index in [1.54, 1.807) is 6.26 Å². The minimum Gasteiger partial charge on any atom is -0.468 e. The molecule has 2 atom stereocenters. The van der Waals surface area contributed by atoms with Crippen molar-refractivity contribution in [2.45, 2.75) is 38.0 Å². The normalized spacial score (nSPS) is 27.8. The fourth-order valence-electron chi connectivity index (χ4n) is 2.71. The van der Waals surface area contributed by atoms with Crippen LogP contribution in [0, 0.1) is 5.92 Å². The second-order valence-corrected chi connectivity index (χ2v) is 5.25. The Morgan fingerprint density at radius 1 is 1.59 bits per heavy atom. The molecule has 1 fully saturated rings. The van der Waals surface area contributed by atoms with E-state index < -0.39 is 0 Å². The molecule has 96 valence electrons. The van der Waals surface area contributed by atoms with Crippen LogP contribution in [0.25, 0.3) is 0 Å². The molecule has 1 heterocycles. The Hall–Kier alpha value is -0.840. The number of likely N-dealkylation sites (N-methyl/N-ethyl adjacent to an activating group) is 1. The van der Waals surface area contributed by atoms with E-state index in [1.165, 1.54) is 0 Å². The first-order valence-electron chi connectivity index (χ1n) is 6.25. The van der Waals surface area contributed by atoms with Gasteiger partial charge in [-0.3, -0.25) is 4.90 Å². The molecule has 3 N–H and O–H groups in total. The molecule has 0 aliphatic heterocycles. The van der Waals surface area contributed by atoms with E-state index in [4.69, 9.17) is 10.2 Å². The molecule has 0 radical (unpaired) electrons. The van der Waals surface area contributed by atoms with Crippen molar-refractivity contribution < 1.29 is 9.52 Å². The summed E-state index contributed by atoms with van der Waals surface area (Å²) in [4.78, 5) is 2.24. The second-order valence-electron chi connectivity index (χ2n) is 5.25. The van der Waals surface area contributed by atoms with E-state index in [9.17, 15) is 5.11 Å². The number of nitrogens with two attached hydrogens (primary N) is 1. The topological polar surface area (TPSA) is 62.6 Å². The smallest absolute Gasteiger partial charge is 0.122 e. The maximum atomic E-state index is 9.30. The summed E-state index contributed by atoms with van der Waals surface area (Å²) in [6, 6.07) is 4.00. The molecule has 1 aliphatic rings. The van der Waals surface area contributed by atoms with Gasteiger partial charge in [0, 0.05) is 12.6 Å². The molecular weight excluding hydrogens is 216 g/mol. The van der Waals surface area contributed by atoms with E-state index >= 15 is 0 Å². The highest BCUT2D eigenvalue weighted by molar-refractivity contribution is 5.07. The van der Waals surface area contributed by atoms with Crippen LogP contribution < -0.4 is 5.73 Å². The molecule has 0 spiro atoms. The van der Waals surface area contributed by atoms with Gasteiger partial charge in [-0.15, -0.1) is 0 Å². The summed E-state index contributed by atoms with van der Waals surface area (Å²) >= 11 is 0. The lowest BCUT2D eigenvalue weighted by atomic mass is 9.82. The molecule has 0 aromatic carbocycles. The third-order valence-electron chi connectivity index (χ3n) is 3.56. The molecule has 4 nitrogen and oxygen atoms in total. The van der Waals surface area contributed by atoms with Crippen LogP contribution in [0.3, 0.4) is 0 Å². The van der Waals surface area contributed by atoms with Crippen LogP contribution in [-0.4, -0.2) is 35.7 Å². The molecule has 4 heteroatoms. The van der Waals surface area contributed by atoms with Crippen molar-refractivity contribution in [3.8, 4) is 0 Å². The average Bonchev–Trinajstić information content (AvgIpc) is 2.68. The molecule has 17 heavy (non-hydrogen) atoms. The van der Waals surface area contributed by atoms with Gasteiger partial charge in [-0.1, -0.05) is 0 Å². The molecule has 1 aromatic rings. The summed E-state index contributed by atoms with van der Waals surface area (Å²) in [5.74, 6) is 1.51. The van der Waals surface area contributed by atoms with Gasteiger partial charge >= 0.3 is 0 Å². The monoisotopic (exact) mass is 238 g/mol. The fourth-order valence-corrected chi connectivity index (χ4v) is 2.71. The predicted octanol–water partition coefficient (Wildman–Crippen LogP) is 1.37. The fraction of sp³-hybridized carbons (Fsp3) is 0.692. The van der Waals surface area contributed by atoms with Crippen molar-refractivity contribution in [2.24, 2.45) is 11.7 Å². The maximum Gasteiger partial charge on any atom is 0.122 e. The lowest BCUT2D eigenvalue weighted by molar-refractivity contribution is 0.0185. The highest BCUT2D eigenvalue weighted by atomic mass is 16.3. The SMILES string of the molecule is CC(N)C(c1ccco1)N(C)CC1CC(O)C1. The van der Waals surface area contributed by atoms with Crippen molar-refractivity contribution >= 4 is 0 Å². The van der Waals surface area contributed by atoms with Gasteiger partial charge in [0.1, 0.15) is 5.76 Å². The van der Waals surface area contributed by atoms with Crippen LogP contribution in [0.5, 0.6) is 0 Å². The molecule has 2 rings (SSSR count). The van der Waals surface area contributed by atoms with Crippen molar-refractivity contribution in [1.29, 1.82) is 0 Å². The first kappa shape index (κ1) is 12.6. The number of hydrogen-bond acceptors (Lipinski definition) is 4. The molecule has 0 bridgehead atoms. The Kier molecular flexibility index (Phi) is 3.86. The number of furan rings is 1. The van der Waals surface area contributed by atoms with E-state index in [0.29, 0.717) is 5.92 Å². The van der Waals surface area contributed by atoms with Crippen LogP contribution in [0.4, 0.5) is 0 Å². The molecule has 1 aromatic heterocycles. The first-order chi connectivity index (χ1) is 8.08. The van der Waals surface area contributed by atoms with Gasteiger partial charge in [0.15, 0.2) is 0 Å². The van der Waals surface area contributed by atoms with E-state index in [0.717, 1.165) is 25.1 Å². The third-order valence-corrected chi connectivity index (χ3v) is 3.56. The van der Waals surface area contributed by atoms with Gasteiger partial charge in [-0.2, -0.15) is 0 Å². The van der Waals surface area contributed by atoms with Gasteiger partial charge in [0.05, 0.1) is 18.4 Å². The lowest BCUT2D eigenvalue weighted by Crippen LogP contribution is -2.43. The molecular formula is C13H22N2O2. The Labute approximate surface area is 102 Å². The number of aliphatic hydroxyl groups excluding tert-OH is 1. The van der Waals surface area contributed by atoms with Crippen LogP contribution in [0.1, 0.15) is 31.6 Å². The highest BCUT2D eigenvalue weighted by Crippen LogP contribution is 2.31. The van der Waals surface area contributed by atoms with Gasteiger partial charge < -0.3 is 15.3 Å². The molecule has 2 unspecified atom stereocenters. The Morgan fingerprint density at radius 2 is 2.29 bits per heavy atom. The first-order valence-corrected chi connectivity index (χ1v) is 6.25. The third kappa shape index (κ3) is 2.89. The van der Waals surface area contributed by atoms with Gasteiger partial charge in [0.25, 0.3) is 0 Å². The van der Waals surface area contributed by atoms with E-state index in [2.05, 4.69) is 11.9 Å². The van der Waals surface area contributed by atoms with Gasteiger partial charge in [-0.25, -0.2) is 0 Å².